The summed E-state index contributed by atoms with van der Waals surface area (Å²) >= 11 is 0. The Balaban J connectivity index is 1.65. The summed E-state index contributed by atoms with van der Waals surface area (Å²) in [7, 11) is -3.06. The van der Waals surface area contributed by atoms with E-state index in [4.69, 9.17) is 0 Å². The molecular formula is C14H22N2O2S. The van der Waals surface area contributed by atoms with E-state index < -0.39 is 10.0 Å². The van der Waals surface area contributed by atoms with Crippen molar-refractivity contribution in [3.8, 4) is 0 Å². The van der Waals surface area contributed by atoms with E-state index >= 15 is 0 Å². The van der Waals surface area contributed by atoms with Gasteiger partial charge in [0.2, 0.25) is 10.0 Å². The Morgan fingerprint density at radius 1 is 1.16 bits per heavy atom. The van der Waals surface area contributed by atoms with Crippen molar-refractivity contribution in [2.24, 2.45) is 0 Å². The number of aryl methyl sites for hydroxylation is 1. The Morgan fingerprint density at radius 3 is 2.37 bits per heavy atom. The molecule has 4 nitrogen and oxygen atoms in total. The number of benzene rings is 1. The molecule has 5 heteroatoms. The third-order valence-electron chi connectivity index (χ3n) is 3.61. The molecule has 106 valence electrons. The predicted octanol–water partition coefficient (Wildman–Crippen LogP) is 1.38. The van der Waals surface area contributed by atoms with Crippen LogP contribution in [0.25, 0.3) is 0 Å². The summed E-state index contributed by atoms with van der Waals surface area (Å²) in [6, 6.07) is 9.26. The molecule has 19 heavy (non-hydrogen) atoms. The van der Waals surface area contributed by atoms with Gasteiger partial charge in [0.15, 0.2) is 0 Å². The van der Waals surface area contributed by atoms with Crippen LogP contribution in [0, 0.1) is 6.92 Å². The molecule has 0 atom stereocenters. The first-order valence-corrected chi connectivity index (χ1v) is 8.58. The summed E-state index contributed by atoms with van der Waals surface area (Å²) in [6.45, 7) is 3.26. The highest BCUT2D eigenvalue weighted by atomic mass is 32.2. The zero-order valence-corrected chi connectivity index (χ0v) is 12.3. The molecule has 0 heterocycles. The maximum atomic E-state index is 10.9. The zero-order valence-electron chi connectivity index (χ0n) is 11.5. The van der Waals surface area contributed by atoms with Crippen LogP contribution in [0.15, 0.2) is 24.3 Å². The van der Waals surface area contributed by atoms with Gasteiger partial charge in [-0.3, -0.25) is 0 Å². The second kappa shape index (κ2) is 6.03. The molecular weight excluding hydrogens is 260 g/mol. The van der Waals surface area contributed by atoms with Crippen LogP contribution in [0.3, 0.4) is 0 Å². The number of rotatable bonds is 6. The third kappa shape index (κ3) is 4.60. The molecule has 2 rings (SSSR count). The molecule has 1 aromatic rings. The minimum absolute atomic E-state index is 0.463. The second-order valence-electron chi connectivity index (χ2n) is 5.40. The van der Waals surface area contributed by atoms with Crippen LogP contribution >= 0.6 is 0 Å². The van der Waals surface area contributed by atoms with Crippen LogP contribution in [0.1, 0.15) is 29.9 Å². The van der Waals surface area contributed by atoms with Crippen molar-refractivity contribution in [2.45, 2.75) is 31.7 Å². The number of hydrogen-bond acceptors (Lipinski definition) is 3. The van der Waals surface area contributed by atoms with E-state index in [1.54, 1.807) is 0 Å². The summed E-state index contributed by atoms with van der Waals surface area (Å²) in [5.41, 5.74) is 2.71. The van der Waals surface area contributed by atoms with Crippen molar-refractivity contribution in [2.75, 3.05) is 19.3 Å². The molecule has 1 fully saturated rings. The van der Waals surface area contributed by atoms with E-state index in [0.29, 0.717) is 25.0 Å². The van der Waals surface area contributed by atoms with Crippen molar-refractivity contribution in [3.63, 3.8) is 0 Å². The molecule has 0 spiro atoms. The highest BCUT2D eigenvalue weighted by molar-refractivity contribution is 7.88. The van der Waals surface area contributed by atoms with Crippen molar-refractivity contribution >= 4 is 10.0 Å². The topological polar surface area (TPSA) is 58.2 Å². The summed E-state index contributed by atoms with van der Waals surface area (Å²) in [6.07, 6.45) is 3.47. The molecule has 0 radical (unpaired) electrons. The van der Waals surface area contributed by atoms with E-state index in [-0.39, 0.29) is 0 Å². The van der Waals surface area contributed by atoms with Crippen LogP contribution in [-0.2, 0) is 10.0 Å². The fraction of sp³-hybridized carbons (Fsp3) is 0.571. The normalized spacial score (nSPS) is 23.1. The SMILES string of the molecule is Cc1ccc(C2CC(NCCNS(C)(=O)=O)C2)cc1. The number of nitrogens with one attached hydrogen (secondary N) is 2. The van der Waals surface area contributed by atoms with Crippen molar-refractivity contribution < 1.29 is 8.42 Å². The molecule has 0 saturated heterocycles. The van der Waals surface area contributed by atoms with Gasteiger partial charge in [-0.1, -0.05) is 29.8 Å². The van der Waals surface area contributed by atoms with E-state index in [1.807, 2.05) is 0 Å². The molecule has 0 bridgehead atoms. The molecule has 1 aliphatic carbocycles. The molecule has 1 aliphatic rings. The second-order valence-corrected chi connectivity index (χ2v) is 7.23. The Morgan fingerprint density at radius 2 is 1.79 bits per heavy atom. The van der Waals surface area contributed by atoms with Gasteiger partial charge in [-0.05, 0) is 31.2 Å². The predicted molar refractivity (Wildman–Crippen MR) is 77.8 cm³/mol. The minimum atomic E-state index is -3.06. The lowest BCUT2D eigenvalue weighted by atomic mass is 9.76. The molecule has 0 unspecified atom stereocenters. The molecule has 0 amide bonds. The van der Waals surface area contributed by atoms with Crippen LogP contribution in [0.5, 0.6) is 0 Å². The first-order valence-electron chi connectivity index (χ1n) is 6.68. The zero-order chi connectivity index (χ0) is 13.9. The van der Waals surface area contributed by atoms with E-state index in [0.717, 1.165) is 12.8 Å². The molecule has 0 aliphatic heterocycles. The lowest BCUT2D eigenvalue weighted by Crippen LogP contribution is -2.43. The number of hydrogen-bond donors (Lipinski definition) is 2. The molecule has 2 N–H and O–H groups in total. The summed E-state index contributed by atoms with van der Waals surface area (Å²) in [4.78, 5) is 0. The fourth-order valence-electron chi connectivity index (χ4n) is 2.41. The monoisotopic (exact) mass is 282 g/mol. The van der Waals surface area contributed by atoms with Gasteiger partial charge in [0.25, 0.3) is 0 Å². The molecule has 1 aromatic carbocycles. The van der Waals surface area contributed by atoms with Crippen molar-refractivity contribution in [1.29, 1.82) is 0 Å². The van der Waals surface area contributed by atoms with Crippen molar-refractivity contribution in [1.82, 2.24) is 10.0 Å². The Kier molecular flexibility index (Phi) is 4.60. The third-order valence-corrected chi connectivity index (χ3v) is 4.34. The van der Waals surface area contributed by atoms with Gasteiger partial charge in [-0.15, -0.1) is 0 Å². The maximum Gasteiger partial charge on any atom is 0.208 e. The Hall–Kier alpha value is -0.910. The molecule has 0 aromatic heterocycles. The van der Waals surface area contributed by atoms with Gasteiger partial charge in [0, 0.05) is 19.1 Å². The van der Waals surface area contributed by atoms with Crippen molar-refractivity contribution in [3.05, 3.63) is 35.4 Å². The van der Waals surface area contributed by atoms with Crippen LogP contribution in [0.4, 0.5) is 0 Å². The summed E-state index contributed by atoms with van der Waals surface area (Å²) < 4.78 is 24.3. The highest BCUT2D eigenvalue weighted by Crippen LogP contribution is 2.36. The first-order chi connectivity index (χ1) is 8.94. The average Bonchev–Trinajstić information content (AvgIpc) is 2.27. The van der Waals surface area contributed by atoms with E-state index in [2.05, 4.69) is 41.2 Å². The van der Waals surface area contributed by atoms with Gasteiger partial charge in [0.05, 0.1) is 6.26 Å². The Labute approximate surface area is 115 Å². The largest absolute Gasteiger partial charge is 0.313 e. The van der Waals surface area contributed by atoms with E-state index in [9.17, 15) is 8.42 Å². The van der Waals surface area contributed by atoms with Gasteiger partial charge in [-0.25, -0.2) is 13.1 Å². The lowest BCUT2D eigenvalue weighted by Gasteiger charge is -2.36. The highest BCUT2D eigenvalue weighted by Gasteiger charge is 2.29. The standard InChI is InChI=1S/C14H22N2O2S/c1-11-3-5-12(6-4-11)13-9-14(10-13)15-7-8-16-19(2,17)18/h3-6,13-16H,7-10H2,1-2H3. The minimum Gasteiger partial charge on any atom is -0.313 e. The summed E-state index contributed by atoms with van der Waals surface area (Å²) in [5.74, 6) is 0.654. The van der Waals surface area contributed by atoms with Gasteiger partial charge in [-0.2, -0.15) is 0 Å². The lowest BCUT2D eigenvalue weighted by molar-refractivity contribution is 0.293. The van der Waals surface area contributed by atoms with Crippen LogP contribution < -0.4 is 10.0 Å². The van der Waals surface area contributed by atoms with E-state index in [1.165, 1.54) is 17.4 Å². The quantitative estimate of drug-likeness (QED) is 0.775. The molecule has 1 saturated carbocycles. The fourth-order valence-corrected chi connectivity index (χ4v) is 2.88. The average molecular weight is 282 g/mol. The smallest absolute Gasteiger partial charge is 0.208 e. The van der Waals surface area contributed by atoms with Crippen LogP contribution in [-0.4, -0.2) is 33.8 Å². The Bertz CT molecular complexity index is 505. The summed E-state index contributed by atoms with van der Waals surface area (Å²) in [5, 5.41) is 3.38. The number of sulfonamides is 1. The van der Waals surface area contributed by atoms with Gasteiger partial charge >= 0.3 is 0 Å². The van der Waals surface area contributed by atoms with Gasteiger partial charge in [0.1, 0.15) is 0 Å². The maximum absolute atomic E-state index is 10.9. The van der Waals surface area contributed by atoms with Gasteiger partial charge < -0.3 is 5.32 Å². The first kappa shape index (κ1) is 14.5. The van der Waals surface area contributed by atoms with Crippen LogP contribution in [0.2, 0.25) is 0 Å².